The van der Waals surface area contributed by atoms with Crippen LogP contribution in [0.2, 0.25) is 0 Å². The topological polar surface area (TPSA) is 85.7 Å². The molecule has 0 amide bonds. The van der Waals surface area contributed by atoms with Crippen LogP contribution in [-0.2, 0) is 19.2 Å². The molecule has 7 nitrogen and oxygen atoms in total. The van der Waals surface area contributed by atoms with Crippen LogP contribution in [0.4, 0.5) is 0 Å². The molecule has 2 bridgehead atoms. The van der Waals surface area contributed by atoms with Crippen molar-refractivity contribution < 1.29 is 19.2 Å². The summed E-state index contributed by atoms with van der Waals surface area (Å²) in [6.07, 6.45) is 2.92. The molecule has 5 fully saturated rings. The SMILES string of the molecule is C[C@H]1[C@H](N=[N+]=[N-])O[C@@H]2OC3(C)CC[C@H]4[C@H](C)CC[C@@H]1[C@@]24OO3. The molecular weight excluding hydrogens is 286 g/mol. The minimum atomic E-state index is -0.779. The number of nitrogens with zero attached hydrogens (tertiary/aromatic N) is 3. The summed E-state index contributed by atoms with van der Waals surface area (Å²) in [5.74, 6) is 0.398. The number of azide groups is 1. The third-order valence-corrected chi connectivity index (χ3v) is 6.29. The molecule has 122 valence electrons. The second-order valence-corrected chi connectivity index (χ2v) is 7.50. The average molecular weight is 309 g/mol. The van der Waals surface area contributed by atoms with Gasteiger partial charge in [-0.05, 0) is 49.5 Å². The molecule has 22 heavy (non-hydrogen) atoms. The van der Waals surface area contributed by atoms with Gasteiger partial charge in [-0.15, -0.1) is 0 Å². The first-order valence-electron chi connectivity index (χ1n) is 8.24. The maximum atomic E-state index is 8.82. The molecule has 1 saturated carbocycles. The van der Waals surface area contributed by atoms with Gasteiger partial charge in [0.1, 0.15) is 6.23 Å². The van der Waals surface area contributed by atoms with Crippen molar-refractivity contribution in [1.29, 1.82) is 0 Å². The lowest BCUT2D eigenvalue weighted by Crippen LogP contribution is -2.70. The maximum Gasteiger partial charge on any atom is 0.201 e. The van der Waals surface area contributed by atoms with E-state index < -0.39 is 23.9 Å². The highest BCUT2D eigenvalue weighted by Gasteiger charge is 2.69. The zero-order valence-corrected chi connectivity index (χ0v) is 13.3. The second-order valence-electron chi connectivity index (χ2n) is 7.50. The van der Waals surface area contributed by atoms with E-state index in [9.17, 15) is 0 Å². The third kappa shape index (κ3) is 1.80. The van der Waals surface area contributed by atoms with Gasteiger partial charge in [-0.2, -0.15) is 0 Å². The van der Waals surface area contributed by atoms with Crippen LogP contribution in [0.25, 0.3) is 10.4 Å². The second kappa shape index (κ2) is 4.82. The fraction of sp³-hybridized carbons (Fsp3) is 1.00. The van der Waals surface area contributed by atoms with Crippen molar-refractivity contribution >= 4 is 0 Å². The van der Waals surface area contributed by atoms with E-state index in [2.05, 4.69) is 23.9 Å². The van der Waals surface area contributed by atoms with E-state index in [1.54, 1.807) is 0 Å². The van der Waals surface area contributed by atoms with Crippen molar-refractivity contribution in [2.24, 2.45) is 28.8 Å². The van der Waals surface area contributed by atoms with Crippen LogP contribution in [0.1, 0.15) is 46.5 Å². The molecule has 1 unspecified atom stereocenters. The van der Waals surface area contributed by atoms with Gasteiger partial charge in [-0.3, -0.25) is 0 Å². The van der Waals surface area contributed by atoms with Gasteiger partial charge >= 0.3 is 0 Å². The van der Waals surface area contributed by atoms with Gasteiger partial charge in [0.25, 0.3) is 0 Å². The Bertz CT molecular complexity index is 525. The molecule has 7 heteroatoms. The first kappa shape index (κ1) is 14.7. The monoisotopic (exact) mass is 309 g/mol. The Morgan fingerprint density at radius 1 is 1.14 bits per heavy atom. The van der Waals surface area contributed by atoms with Crippen molar-refractivity contribution in [3.63, 3.8) is 0 Å². The number of hydrogen-bond acceptors (Lipinski definition) is 5. The predicted molar refractivity (Wildman–Crippen MR) is 76.0 cm³/mol. The first-order valence-corrected chi connectivity index (χ1v) is 8.24. The highest BCUT2D eigenvalue weighted by molar-refractivity contribution is 5.09. The molecule has 5 rings (SSSR count). The molecule has 4 saturated heterocycles. The van der Waals surface area contributed by atoms with Crippen LogP contribution < -0.4 is 0 Å². The average Bonchev–Trinajstić information content (AvgIpc) is 2.71. The maximum absolute atomic E-state index is 8.82. The summed E-state index contributed by atoms with van der Waals surface area (Å²) in [5.41, 5.74) is 8.24. The van der Waals surface area contributed by atoms with Crippen LogP contribution in [0, 0.1) is 23.7 Å². The number of fused-ring (bicyclic) bond motifs is 2. The molecule has 0 N–H and O–H groups in total. The molecule has 0 aromatic heterocycles. The predicted octanol–water partition coefficient (Wildman–Crippen LogP) is 3.50. The highest BCUT2D eigenvalue weighted by Crippen LogP contribution is 2.60. The molecule has 0 aromatic carbocycles. The summed E-state index contributed by atoms with van der Waals surface area (Å²) in [5, 5.41) is 3.84. The normalized spacial score (nSPS) is 56.7. The van der Waals surface area contributed by atoms with Gasteiger partial charge < -0.3 is 9.47 Å². The van der Waals surface area contributed by atoms with Gasteiger partial charge in [0.2, 0.25) is 5.79 Å². The largest absolute Gasteiger partial charge is 0.340 e. The van der Waals surface area contributed by atoms with Crippen molar-refractivity contribution in [3.05, 3.63) is 10.4 Å². The summed E-state index contributed by atoms with van der Waals surface area (Å²) < 4.78 is 12.2. The molecular formula is C15H23N3O4. The van der Waals surface area contributed by atoms with E-state index >= 15 is 0 Å². The van der Waals surface area contributed by atoms with E-state index in [0.717, 1.165) is 25.7 Å². The summed E-state index contributed by atoms with van der Waals surface area (Å²) in [6, 6.07) is 0. The minimum Gasteiger partial charge on any atom is -0.340 e. The summed E-state index contributed by atoms with van der Waals surface area (Å²) in [4.78, 5) is 14.7. The van der Waals surface area contributed by atoms with Crippen LogP contribution in [0.15, 0.2) is 5.11 Å². The number of hydrogen-bond donors (Lipinski definition) is 0. The summed E-state index contributed by atoms with van der Waals surface area (Å²) >= 11 is 0. The Balaban J connectivity index is 1.80. The molecule has 1 aliphatic carbocycles. The van der Waals surface area contributed by atoms with E-state index in [1.807, 2.05) is 6.92 Å². The number of ether oxygens (including phenoxy) is 2. The Morgan fingerprint density at radius 3 is 2.73 bits per heavy atom. The van der Waals surface area contributed by atoms with Crippen molar-refractivity contribution in [2.75, 3.05) is 0 Å². The Hall–Kier alpha value is -0.850. The van der Waals surface area contributed by atoms with Gasteiger partial charge in [-0.1, -0.05) is 19.0 Å². The first-order chi connectivity index (χ1) is 10.5. The minimum absolute atomic E-state index is 0.0804. The van der Waals surface area contributed by atoms with Gasteiger partial charge in [-0.25, -0.2) is 9.78 Å². The summed E-state index contributed by atoms with van der Waals surface area (Å²) in [6.45, 7) is 6.24. The van der Waals surface area contributed by atoms with Gasteiger partial charge in [0.15, 0.2) is 11.9 Å². The molecule has 0 radical (unpaired) electrons. The van der Waals surface area contributed by atoms with Crippen molar-refractivity contribution in [3.8, 4) is 0 Å². The number of rotatable bonds is 1. The Morgan fingerprint density at radius 2 is 1.95 bits per heavy atom. The standard InChI is InChI=1S/C15H23N3O4/c1-8-4-5-11-9(2)12(17-18-16)19-13-15(11)10(8)6-7-14(3,20-13)21-22-15/h8-13H,4-7H2,1-3H3/t8-,9-,10+,11+,12-,13-,14?,15-/m1/s1. The van der Waals surface area contributed by atoms with Gasteiger partial charge in [0, 0.05) is 17.3 Å². The molecule has 4 aliphatic heterocycles. The molecule has 8 atom stereocenters. The molecule has 1 spiro atoms. The van der Waals surface area contributed by atoms with Crippen LogP contribution in [0.3, 0.4) is 0 Å². The Labute approximate surface area is 129 Å². The molecule has 0 aromatic rings. The van der Waals surface area contributed by atoms with Crippen LogP contribution in [0.5, 0.6) is 0 Å². The lowest BCUT2D eigenvalue weighted by Gasteiger charge is -2.60. The summed E-state index contributed by atoms with van der Waals surface area (Å²) in [7, 11) is 0. The van der Waals surface area contributed by atoms with Crippen LogP contribution in [-0.4, -0.2) is 23.9 Å². The molecule has 4 heterocycles. The highest BCUT2D eigenvalue weighted by atomic mass is 17.3. The van der Waals surface area contributed by atoms with E-state index in [1.165, 1.54) is 0 Å². The third-order valence-electron chi connectivity index (χ3n) is 6.29. The fourth-order valence-electron chi connectivity index (χ4n) is 5.07. The van der Waals surface area contributed by atoms with Crippen LogP contribution >= 0.6 is 0 Å². The van der Waals surface area contributed by atoms with Crippen molar-refractivity contribution in [2.45, 2.75) is 70.4 Å². The quantitative estimate of drug-likeness (QED) is 0.321. The zero-order chi connectivity index (χ0) is 15.5. The lowest BCUT2D eigenvalue weighted by atomic mass is 9.58. The molecule has 5 aliphatic rings. The van der Waals surface area contributed by atoms with Crippen molar-refractivity contribution in [1.82, 2.24) is 0 Å². The van der Waals surface area contributed by atoms with E-state index in [-0.39, 0.29) is 11.8 Å². The Kier molecular flexibility index (Phi) is 3.23. The fourth-order valence-corrected chi connectivity index (χ4v) is 5.07. The smallest absolute Gasteiger partial charge is 0.201 e. The zero-order valence-electron chi connectivity index (χ0n) is 13.3. The lowest BCUT2D eigenvalue weighted by molar-refractivity contribution is -0.570. The van der Waals surface area contributed by atoms with E-state index in [4.69, 9.17) is 24.8 Å². The van der Waals surface area contributed by atoms with Gasteiger partial charge in [0.05, 0.1) is 0 Å². The van der Waals surface area contributed by atoms with E-state index in [0.29, 0.717) is 11.8 Å².